The summed E-state index contributed by atoms with van der Waals surface area (Å²) in [4.78, 5) is 0. The van der Waals surface area contributed by atoms with Gasteiger partial charge in [-0.15, -0.1) is 0 Å². The minimum atomic E-state index is 0.529. The van der Waals surface area contributed by atoms with Crippen LogP contribution in [0.25, 0.3) is 11.1 Å². The van der Waals surface area contributed by atoms with Gasteiger partial charge in [-0.3, -0.25) is 0 Å². The SMILES string of the molecule is Cc1cc(CNC(C)C)ccc1-c1ccc2c(c1)CCC2. The van der Waals surface area contributed by atoms with Gasteiger partial charge in [-0.05, 0) is 59.6 Å². The van der Waals surface area contributed by atoms with E-state index in [1.54, 1.807) is 11.1 Å². The van der Waals surface area contributed by atoms with Crippen LogP contribution in [0.1, 0.15) is 42.5 Å². The summed E-state index contributed by atoms with van der Waals surface area (Å²) < 4.78 is 0. The molecule has 0 radical (unpaired) electrons. The molecule has 21 heavy (non-hydrogen) atoms. The molecule has 0 spiro atoms. The van der Waals surface area contributed by atoms with E-state index in [1.165, 1.54) is 41.5 Å². The maximum atomic E-state index is 3.48. The Morgan fingerprint density at radius 2 is 1.81 bits per heavy atom. The van der Waals surface area contributed by atoms with E-state index in [0.29, 0.717) is 6.04 Å². The van der Waals surface area contributed by atoms with Crippen molar-refractivity contribution in [3.05, 3.63) is 58.7 Å². The second kappa shape index (κ2) is 6.03. The van der Waals surface area contributed by atoms with E-state index in [1.807, 2.05) is 0 Å². The average Bonchev–Trinajstić information content (AvgIpc) is 2.92. The summed E-state index contributed by atoms with van der Waals surface area (Å²) in [5.41, 5.74) is 8.59. The van der Waals surface area contributed by atoms with Gasteiger partial charge in [-0.2, -0.15) is 0 Å². The van der Waals surface area contributed by atoms with Crippen LogP contribution in [0.4, 0.5) is 0 Å². The van der Waals surface area contributed by atoms with Crippen molar-refractivity contribution >= 4 is 0 Å². The Labute approximate surface area is 128 Å². The Hall–Kier alpha value is -1.60. The van der Waals surface area contributed by atoms with Crippen LogP contribution in [0.5, 0.6) is 0 Å². The van der Waals surface area contributed by atoms with Gasteiger partial charge in [0.1, 0.15) is 0 Å². The molecular formula is C20H25N. The molecule has 0 fully saturated rings. The molecule has 2 aromatic carbocycles. The van der Waals surface area contributed by atoms with Gasteiger partial charge in [0, 0.05) is 12.6 Å². The van der Waals surface area contributed by atoms with Crippen LogP contribution in [0, 0.1) is 6.92 Å². The molecule has 0 heterocycles. The van der Waals surface area contributed by atoms with Crippen LogP contribution in [0.2, 0.25) is 0 Å². The molecule has 0 bridgehead atoms. The van der Waals surface area contributed by atoms with E-state index in [4.69, 9.17) is 0 Å². The number of benzene rings is 2. The fourth-order valence-corrected chi connectivity index (χ4v) is 3.22. The number of hydrogen-bond donors (Lipinski definition) is 1. The number of fused-ring (bicyclic) bond motifs is 1. The summed E-state index contributed by atoms with van der Waals surface area (Å²) in [7, 11) is 0. The van der Waals surface area contributed by atoms with Crippen molar-refractivity contribution in [3.8, 4) is 11.1 Å². The van der Waals surface area contributed by atoms with Gasteiger partial charge in [-0.1, -0.05) is 50.2 Å². The van der Waals surface area contributed by atoms with Gasteiger partial charge < -0.3 is 5.32 Å². The first kappa shape index (κ1) is 14.3. The highest BCUT2D eigenvalue weighted by atomic mass is 14.9. The fraction of sp³-hybridized carbons (Fsp3) is 0.400. The van der Waals surface area contributed by atoms with Crippen LogP contribution in [0.3, 0.4) is 0 Å². The molecule has 1 nitrogen and oxygen atoms in total. The molecule has 1 heteroatoms. The number of nitrogens with one attached hydrogen (secondary N) is 1. The average molecular weight is 279 g/mol. The molecule has 1 N–H and O–H groups in total. The van der Waals surface area contributed by atoms with Crippen LogP contribution in [-0.4, -0.2) is 6.04 Å². The second-order valence-electron chi connectivity index (χ2n) is 6.52. The first-order valence-corrected chi connectivity index (χ1v) is 8.08. The molecule has 110 valence electrons. The second-order valence-corrected chi connectivity index (χ2v) is 6.52. The molecule has 0 unspecified atom stereocenters. The Balaban J connectivity index is 1.85. The lowest BCUT2D eigenvalue weighted by Gasteiger charge is -2.12. The van der Waals surface area contributed by atoms with Gasteiger partial charge in [0.2, 0.25) is 0 Å². The van der Waals surface area contributed by atoms with Crippen molar-refractivity contribution < 1.29 is 0 Å². The molecule has 0 amide bonds. The lowest BCUT2D eigenvalue weighted by atomic mass is 9.96. The highest BCUT2D eigenvalue weighted by Gasteiger charge is 2.12. The maximum Gasteiger partial charge on any atom is 0.0207 e. The Morgan fingerprint density at radius 3 is 2.57 bits per heavy atom. The normalized spacial score (nSPS) is 13.7. The lowest BCUT2D eigenvalue weighted by Crippen LogP contribution is -2.21. The molecule has 2 aromatic rings. The minimum absolute atomic E-state index is 0.529. The highest BCUT2D eigenvalue weighted by Crippen LogP contribution is 2.30. The molecule has 0 atom stereocenters. The number of aryl methyl sites for hydroxylation is 3. The van der Waals surface area contributed by atoms with Crippen LogP contribution in [-0.2, 0) is 19.4 Å². The fourth-order valence-electron chi connectivity index (χ4n) is 3.22. The van der Waals surface area contributed by atoms with E-state index < -0.39 is 0 Å². The number of rotatable bonds is 4. The zero-order valence-electron chi connectivity index (χ0n) is 13.4. The van der Waals surface area contributed by atoms with Crippen LogP contribution >= 0.6 is 0 Å². The van der Waals surface area contributed by atoms with Crippen molar-refractivity contribution in [1.82, 2.24) is 5.32 Å². The van der Waals surface area contributed by atoms with Crippen molar-refractivity contribution in [2.75, 3.05) is 0 Å². The quantitative estimate of drug-likeness (QED) is 0.859. The van der Waals surface area contributed by atoms with Gasteiger partial charge >= 0.3 is 0 Å². The lowest BCUT2D eigenvalue weighted by molar-refractivity contribution is 0.589. The van der Waals surface area contributed by atoms with Gasteiger partial charge in [0.05, 0.1) is 0 Å². The molecule has 0 aliphatic heterocycles. The standard InChI is InChI=1S/C20H25N/c1-14(2)21-13-16-7-10-20(15(3)11-16)19-9-8-17-5-4-6-18(17)12-19/h7-12,14,21H,4-6,13H2,1-3H3. The molecule has 1 aliphatic carbocycles. The predicted octanol–water partition coefficient (Wildman–Crippen LogP) is 4.65. The van der Waals surface area contributed by atoms with Gasteiger partial charge in [0.15, 0.2) is 0 Å². The van der Waals surface area contributed by atoms with Crippen molar-refractivity contribution in [1.29, 1.82) is 0 Å². The first-order chi connectivity index (χ1) is 10.1. The third kappa shape index (κ3) is 3.19. The summed E-state index contributed by atoms with van der Waals surface area (Å²) in [6, 6.07) is 14.4. The van der Waals surface area contributed by atoms with Crippen molar-refractivity contribution in [2.24, 2.45) is 0 Å². The molecule has 3 rings (SSSR count). The zero-order valence-corrected chi connectivity index (χ0v) is 13.4. The number of hydrogen-bond acceptors (Lipinski definition) is 1. The summed E-state index contributed by atoms with van der Waals surface area (Å²) >= 11 is 0. The molecule has 0 saturated carbocycles. The van der Waals surface area contributed by atoms with E-state index in [-0.39, 0.29) is 0 Å². The summed E-state index contributed by atoms with van der Waals surface area (Å²) in [5, 5.41) is 3.48. The summed E-state index contributed by atoms with van der Waals surface area (Å²) in [5.74, 6) is 0. The van der Waals surface area contributed by atoms with E-state index >= 15 is 0 Å². The van der Waals surface area contributed by atoms with Crippen LogP contribution < -0.4 is 5.32 Å². The van der Waals surface area contributed by atoms with E-state index in [0.717, 1.165) is 6.54 Å². The molecular weight excluding hydrogens is 254 g/mol. The molecule has 0 aromatic heterocycles. The Morgan fingerprint density at radius 1 is 1.00 bits per heavy atom. The third-order valence-electron chi connectivity index (χ3n) is 4.41. The third-order valence-corrected chi connectivity index (χ3v) is 4.41. The van der Waals surface area contributed by atoms with Gasteiger partial charge in [0.25, 0.3) is 0 Å². The Kier molecular flexibility index (Phi) is 4.12. The predicted molar refractivity (Wildman–Crippen MR) is 90.6 cm³/mol. The van der Waals surface area contributed by atoms with Crippen LogP contribution in [0.15, 0.2) is 36.4 Å². The van der Waals surface area contributed by atoms with Crippen molar-refractivity contribution in [2.45, 2.75) is 52.6 Å². The maximum absolute atomic E-state index is 3.48. The van der Waals surface area contributed by atoms with Gasteiger partial charge in [-0.25, -0.2) is 0 Å². The molecule has 0 saturated heterocycles. The van der Waals surface area contributed by atoms with Crippen molar-refractivity contribution in [3.63, 3.8) is 0 Å². The highest BCUT2D eigenvalue weighted by molar-refractivity contribution is 5.69. The topological polar surface area (TPSA) is 12.0 Å². The summed E-state index contributed by atoms with van der Waals surface area (Å²) in [6.07, 6.45) is 3.82. The largest absolute Gasteiger partial charge is 0.310 e. The van der Waals surface area contributed by atoms with E-state index in [9.17, 15) is 0 Å². The minimum Gasteiger partial charge on any atom is -0.310 e. The molecule has 1 aliphatic rings. The smallest absolute Gasteiger partial charge is 0.0207 e. The zero-order chi connectivity index (χ0) is 14.8. The summed E-state index contributed by atoms with van der Waals surface area (Å²) in [6.45, 7) is 7.54. The van der Waals surface area contributed by atoms with E-state index in [2.05, 4.69) is 62.5 Å². The Bertz CT molecular complexity index is 640. The first-order valence-electron chi connectivity index (χ1n) is 8.08. The monoisotopic (exact) mass is 279 g/mol.